The highest BCUT2D eigenvalue weighted by Crippen LogP contribution is 2.21. The van der Waals surface area contributed by atoms with Crippen molar-refractivity contribution in [1.82, 2.24) is 9.97 Å². The fourth-order valence-corrected chi connectivity index (χ4v) is 1.75. The summed E-state index contributed by atoms with van der Waals surface area (Å²) in [5.74, 6) is 2.43. The van der Waals surface area contributed by atoms with E-state index < -0.39 is 0 Å². The lowest BCUT2D eigenvalue weighted by atomic mass is 10.3. The minimum absolute atomic E-state index is 0.749. The Morgan fingerprint density at radius 3 is 2.47 bits per heavy atom. The SMILES string of the molecule is CNc1cccc(Nc2cc(N(C)C)nc(C)n2)c1. The smallest absolute Gasteiger partial charge is 0.136 e. The predicted octanol–water partition coefficient (Wildman–Crippen LogP) is 2.64. The minimum Gasteiger partial charge on any atom is -0.388 e. The second kappa shape index (κ2) is 5.56. The summed E-state index contributed by atoms with van der Waals surface area (Å²) in [4.78, 5) is 10.7. The first kappa shape index (κ1) is 13.1. The molecule has 1 aromatic heterocycles. The molecule has 1 heterocycles. The third kappa shape index (κ3) is 3.34. The normalized spacial score (nSPS) is 10.1. The number of anilines is 4. The summed E-state index contributed by atoms with van der Waals surface area (Å²) in [6.07, 6.45) is 0. The second-order valence-electron chi connectivity index (χ2n) is 4.51. The van der Waals surface area contributed by atoms with Crippen molar-refractivity contribution in [2.45, 2.75) is 6.92 Å². The summed E-state index contributed by atoms with van der Waals surface area (Å²) in [7, 11) is 5.83. The van der Waals surface area contributed by atoms with E-state index in [-0.39, 0.29) is 0 Å². The van der Waals surface area contributed by atoms with E-state index in [1.807, 2.05) is 63.3 Å². The van der Waals surface area contributed by atoms with Gasteiger partial charge in [0.05, 0.1) is 0 Å². The molecule has 2 rings (SSSR count). The van der Waals surface area contributed by atoms with E-state index in [1.54, 1.807) is 0 Å². The van der Waals surface area contributed by atoms with Gasteiger partial charge in [-0.25, -0.2) is 9.97 Å². The first-order chi connectivity index (χ1) is 9.08. The molecule has 2 aromatic rings. The van der Waals surface area contributed by atoms with Gasteiger partial charge in [-0.2, -0.15) is 0 Å². The molecule has 19 heavy (non-hydrogen) atoms. The van der Waals surface area contributed by atoms with Gasteiger partial charge in [-0.1, -0.05) is 6.07 Å². The summed E-state index contributed by atoms with van der Waals surface area (Å²) < 4.78 is 0. The maximum atomic E-state index is 4.40. The van der Waals surface area contributed by atoms with Crippen molar-refractivity contribution >= 4 is 23.0 Å². The van der Waals surface area contributed by atoms with Gasteiger partial charge in [0.15, 0.2) is 0 Å². The van der Waals surface area contributed by atoms with Crippen LogP contribution >= 0.6 is 0 Å². The Kier molecular flexibility index (Phi) is 3.85. The Morgan fingerprint density at radius 2 is 1.79 bits per heavy atom. The van der Waals surface area contributed by atoms with Crippen LogP contribution in [-0.2, 0) is 0 Å². The van der Waals surface area contributed by atoms with E-state index in [9.17, 15) is 0 Å². The Morgan fingerprint density at radius 1 is 1.05 bits per heavy atom. The van der Waals surface area contributed by atoms with Crippen LogP contribution in [-0.4, -0.2) is 31.1 Å². The lowest BCUT2D eigenvalue weighted by molar-refractivity contribution is 0.991. The average Bonchev–Trinajstić information content (AvgIpc) is 2.38. The van der Waals surface area contributed by atoms with Gasteiger partial charge in [0.1, 0.15) is 17.5 Å². The van der Waals surface area contributed by atoms with Crippen molar-refractivity contribution in [3.05, 3.63) is 36.2 Å². The highest BCUT2D eigenvalue weighted by atomic mass is 15.2. The number of aryl methyl sites for hydroxylation is 1. The number of hydrogen-bond acceptors (Lipinski definition) is 5. The van der Waals surface area contributed by atoms with E-state index in [4.69, 9.17) is 0 Å². The molecule has 0 aliphatic rings. The van der Waals surface area contributed by atoms with Crippen LogP contribution in [0.2, 0.25) is 0 Å². The van der Waals surface area contributed by atoms with Gasteiger partial charge in [0.25, 0.3) is 0 Å². The Bertz CT molecular complexity index is 566. The fraction of sp³-hybridized carbons (Fsp3) is 0.286. The summed E-state index contributed by atoms with van der Waals surface area (Å²) in [6, 6.07) is 9.98. The van der Waals surface area contributed by atoms with Gasteiger partial charge in [-0.15, -0.1) is 0 Å². The Hall–Kier alpha value is -2.30. The van der Waals surface area contributed by atoms with Gasteiger partial charge in [-0.05, 0) is 25.1 Å². The first-order valence-corrected chi connectivity index (χ1v) is 6.16. The zero-order valence-electron chi connectivity index (χ0n) is 11.7. The van der Waals surface area contributed by atoms with Crippen LogP contribution < -0.4 is 15.5 Å². The largest absolute Gasteiger partial charge is 0.388 e. The molecule has 0 fully saturated rings. The van der Waals surface area contributed by atoms with Gasteiger partial charge >= 0.3 is 0 Å². The van der Waals surface area contributed by atoms with Crippen molar-refractivity contribution in [2.75, 3.05) is 36.7 Å². The van der Waals surface area contributed by atoms with Gasteiger partial charge in [0, 0.05) is 38.6 Å². The fourth-order valence-electron chi connectivity index (χ4n) is 1.75. The molecule has 0 unspecified atom stereocenters. The molecule has 2 N–H and O–H groups in total. The first-order valence-electron chi connectivity index (χ1n) is 6.16. The highest BCUT2D eigenvalue weighted by molar-refractivity contribution is 5.64. The lowest BCUT2D eigenvalue weighted by Crippen LogP contribution is -2.12. The van der Waals surface area contributed by atoms with Crippen LogP contribution in [0.4, 0.5) is 23.0 Å². The summed E-state index contributed by atoms with van der Waals surface area (Å²) in [5, 5.41) is 6.41. The quantitative estimate of drug-likeness (QED) is 0.882. The number of hydrogen-bond donors (Lipinski definition) is 2. The standard InChI is InChI=1S/C14H19N5/c1-10-16-13(9-14(17-10)19(3)4)18-12-7-5-6-11(8-12)15-2/h5-9,15H,1-4H3,(H,16,17,18). The molecule has 5 heteroatoms. The van der Waals surface area contributed by atoms with E-state index in [1.165, 1.54) is 0 Å². The van der Waals surface area contributed by atoms with Crippen molar-refractivity contribution in [3.63, 3.8) is 0 Å². The van der Waals surface area contributed by atoms with Gasteiger partial charge in [0.2, 0.25) is 0 Å². The molecule has 0 aliphatic heterocycles. The van der Waals surface area contributed by atoms with Gasteiger partial charge < -0.3 is 15.5 Å². The van der Waals surface area contributed by atoms with Crippen LogP contribution in [0.3, 0.4) is 0 Å². The molecule has 5 nitrogen and oxygen atoms in total. The predicted molar refractivity (Wildman–Crippen MR) is 80.4 cm³/mol. The van der Waals surface area contributed by atoms with Gasteiger partial charge in [-0.3, -0.25) is 0 Å². The van der Waals surface area contributed by atoms with Crippen molar-refractivity contribution in [3.8, 4) is 0 Å². The third-order valence-electron chi connectivity index (χ3n) is 2.71. The number of nitrogens with one attached hydrogen (secondary N) is 2. The maximum Gasteiger partial charge on any atom is 0.136 e. The molecule has 0 radical (unpaired) electrons. The van der Waals surface area contributed by atoms with Crippen LogP contribution in [0.15, 0.2) is 30.3 Å². The molecule has 0 saturated heterocycles. The van der Waals surface area contributed by atoms with E-state index >= 15 is 0 Å². The van der Waals surface area contributed by atoms with Crippen LogP contribution in [0.5, 0.6) is 0 Å². The number of benzene rings is 1. The number of rotatable bonds is 4. The molecular weight excluding hydrogens is 238 g/mol. The molecule has 0 bridgehead atoms. The molecular formula is C14H19N5. The maximum absolute atomic E-state index is 4.40. The Labute approximate surface area is 113 Å². The Balaban J connectivity index is 2.27. The zero-order valence-corrected chi connectivity index (χ0v) is 11.7. The summed E-state index contributed by atoms with van der Waals surface area (Å²) in [6.45, 7) is 1.89. The highest BCUT2D eigenvalue weighted by Gasteiger charge is 2.04. The molecule has 0 amide bonds. The minimum atomic E-state index is 0.749. The third-order valence-corrected chi connectivity index (χ3v) is 2.71. The zero-order chi connectivity index (χ0) is 13.8. The molecule has 0 saturated carbocycles. The van der Waals surface area contributed by atoms with Crippen molar-refractivity contribution in [2.24, 2.45) is 0 Å². The van der Waals surface area contributed by atoms with E-state index in [0.717, 1.165) is 28.8 Å². The van der Waals surface area contributed by atoms with Crippen molar-refractivity contribution in [1.29, 1.82) is 0 Å². The average molecular weight is 257 g/mol. The molecule has 0 spiro atoms. The second-order valence-corrected chi connectivity index (χ2v) is 4.51. The van der Waals surface area contributed by atoms with E-state index in [0.29, 0.717) is 0 Å². The molecule has 1 aromatic carbocycles. The number of nitrogens with zero attached hydrogens (tertiary/aromatic N) is 3. The lowest BCUT2D eigenvalue weighted by Gasteiger charge is -2.14. The summed E-state index contributed by atoms with van der Waals surface area (Å²) >= 11 is 0. The molecule has 0 aliphatic carbocycles. The molecule has 0 atom stereocenters. The van der Waals surface area contributed by atoms with Crippen molar-refractivity contribution < 1.29 is 0 Å². The molecule has 100 valence electrons. The van der Waals surface area contributed by atoms with Crippen LogP contribution in [0.25, 0.3) is 0 Å². The topological polar surface area (TPSA) is 53.1 Å². The number of aromatic nitrogens is 2. The van der Waals surface area contributed by atoms with Crippen LogP contribution in [0, 0.1) is 6.92 Å². The van der Waals surface area contributed by atoms with Crippen LogP contribution in [0.1, 0.15) is 5.82 Å². The summed E-state index contributed by atoms with van der Waals surface area (Å²) in [5.41, 5.74) is 2.05. The van der Waals surface area contributed by atoms with E-state index in [2.05, 4.69) is 20.6 Å². The monoisotopic (exact) mass is 257 g/mol.